The van der Waals surface area contributed by atoms with Crippen molar-refractivity contribution in [2.24, 2.45) is 0 Å². The first kappa shape index (κ1) is 18.7. The molecule has 7 heteroatoms. The number of amides is 3. The number of benzene rings is 1. The summed E-state index contributed by atoms with van der Waals surface area (Å²) in [5.74, 6) is 0. The lowest BCUT2D eigenvalue weighted by Gasteiger charge is -2.31. The molecule has 0 spiro atoms. The van der Waals surface area contributed by atoms with E-state index in [9.17, 15) is 9.59 Å². The van der Waals surface area contributed by atoms with E-state index in [1.807, 2.05) is 39.0 Å². The summed E-state index contributed by atoms with van der Waals surface area (Å²) < 4.78 is 5.44. The fourth-order valence-electron chi connectivity index (χ4n) is 2.84. The molecule has 2 aromatic rings. The first-order chi connectivity index (χ1) is 12.8. The number of pyridine rings is 1. The summed E-state index contributed by atoms with van der Waals surface area (Å²) in [4.78, 5) is 30.0. The Kier molecular flexibility index (Phi) is 5.30. The van der Waals surface area contributed by atoms with Gasteiger partial charge in [0.25, 0.3) is 0 Å². The molecule has 1 aromatic carbocycles. The lowest BCUT2D eigenvalue weighted by molar-refractivity contribution is 0.0224. The predicted octanol–water partition coefficient (Wildman–Crippen LogP) is 4.02. The van der Waals surface area contributed by atoms with E-state index in [-0.39, 0.29) is 12.1 Å². The summed E-state index contributed by atoms with van der Waals surface area (Å²) in [7, 11) is 0. The van der Waals surface area contributed by atoms with Crippen molar-refractivity contribution in [1.82, 2.24) is 9.88 Å². The highest BCUT2D eigenvalue weighted by Gasteiger charge is 2.25. The zero-order valence-electron chi connectivity index (χ0n) is 15.8. The summed E-state index contributed by atoms with van der Waals surface area (Å²) in [5, 5.41) is 5.55. The highest BCUT2D eigenvalue weighted by Crippen LogP contribution is 2.24. The first-order valence-electron chi connectivity index (χ1n) is 8.88. The molecule has 27 heavy (non-hydrogen) atoms. The second-order valence-corrected chi connectivity index (χ2v) is 7.46. The quantitative estimate of drug-likeness (QED) is 0.839. The van der Waals surface area contributed by atoms with Crippen molar-refractivity contribution in [3.05, 3.63) is 53.9 Å². The maximum atomic E-state index is 12.2. The Balaban J connectivity index is 1.61. The van der Waals surface area contributed by atoms with E-state index in [1.165, 1.54) is 0 Å². The van der Waals surface area contributed by atoms with Crippen LogP contribution in [0.15, 0.2) is 42.7 Å². The highest BCUT2D eigenvalue weighted by atomic mass is 16.6. The number of fused-ring (bicyclic) bond motifs is 1. The summed E-state index contributed by atoms with van der Waals surface area (Å²) in [6, 6.07) is 8.92. The summed E-state index contributed by atoms with van der Waals surface area (Å²) in [6.07, 6.45) is 3.64. The Bertz CT molecular complexity index is 831. The topological polar surface area (TPSA) is 83.6 Å². The lowest BCUT2D eigenvalue weighted by atomic mass is 9.99. The normalized spacial score (nSPS) is 13.5. The van der Waals surface area contributed by atoms with Crippen LogP contribution in [-0.4, -0.2) is 34.2 Å². The van der Waals surface area contributed by atoms with Crippen molar-refractivity contribution in [2.45, 2.75) is 39.3 Å². The molecule has 0 fully saturated rings. The van der Waals surface area contributed by atoms with Gasteiger partial charge in [-0.3, -0.25) is 4.98 Å². The highest BCUT2D eigenvalue weighted by molar-refractivity contribution is 5.99. The Morgan fingerprint density at radius 3 is 2.59 bits per heavy atom. The molecule has 7 nitrogen and oxygen atoms in total. The minimum atomic E-state index is -0.507. The van der Waals surface area contributed by atoms with Gasteiger partial charge in [-0.25, -0.2) is 9.59 Å². The van der Waals surface area contributed by atoms with Crippen LogP contribution < -0.4 is 10.6 Å². The number of nitrogens with one attached hydrogen (secondary N) is 2. The zero-order valence-corrected chi connectivity index (χ0v) is 15.8. The molecular weight excluding hydrogens is 344 g/mol. The molecular formula is C20H24N4O3. The van der Waals surface area contributed by atoms with Crippen LogP contribution in [0.25, 0.3) is 0 Å². The molecule has 0 aliphatic carbocycles. The molecule has 1 aliphatic rings. The molecule has 0 radical (unpaired) electrons. The van der Waals surface area contributed by atoms with Crippen LogP contribution in [0, 0.1) is 0 Å². The minimum Gasteiger partial charge on any atom is -0.444 e. The van der Waals surface area contributed by atoms with Gasteiger partial charge in [-0.15, -0.1) is 0 Å². The van der Waals surface area contributed by atoms with E-state index in [4.69, 9.17) is 4.74 Å². The van der Waals surface area contributed by atoms with Gasteiger partial charge in [0.1, 0.15) is 5.60 Å². The van der Waals surface area contributed by atoms with Crippen LogP contribution in [-0.2, 0) is 17.7 Å². The van der Waals surface area contributed by atoms with Crippen LogP contribution in [0.2, 0.25) is 0 Å². The maximum Gasteiger partial charge on any atom is 0.410 e. The van der Waals surface area contributed by atoms with Crippen molar-refractivity contribution in [3.63, 3.8) is 0 Å². The Hall–Kier alpha value is -3.09. The first-order valence-corrected chi connectivity index (χ1v) is 8.88. The zero-order chi connectivity index (χ0) is 19.4. The summed E-state index contributed by atoms with van der Waals surface area (Å²) in [6.45, 7) is 6.67. The van der Waals surface area contributed by atoms with Crippen LogP contribution in [0.5, 0.6) is 0 Å². The fourth-order valence-corrected chi connectivity index (χ4v) is 2.84. The molecule has 2 N–H and O–H groups in total. The minimum absolute atomic E-state index is 0.300. The average Bonchev–Trinajstić information content (AvgIpc) is 2.60. The molecule has 3 rings (SSSR count). The molecule has 0 bridgehead atoms. The van der Waals surface area contributed by atoms with E-state index in [2.05, 4.69) is 15.6 Å². The predicted molar refractivity (Wildman–Crippen MR) is 104 cm³/mol. The number of urea groups is 1. The molecule has 0 saturated heterocycles. The fraction of sp³-hybridized carbons (Fsp3) is 0.350. The van der Waals surface area contributed by atoms with Crippen molar-refractivity contribution < 1.29 is 14.3 Å². The number of anilines is 2. The number of carbonyl (C=O) groups excluding carboxylic acids is 2. The molecule has 1 aromatic heterocycles. The van der Waals surface area contributed by atoms with E-state index in [1.54, 1.807) is 29.4 Å². The van der Waals surface area contributed by atoms with E-state index in [0.29, 0.717) is 30.9 Å². The second-order valence-electron chi connectivity index (χ2n) is 7.46. The van der Waals surface area contributed by atoms with Crippen molar-refractivity contribution >= 4 is 23.5 Å². The molecule has 3 amide bonds. The monoisotopic (exact) mass is 368 g/mol. The third kappa shape index (κ3) is 5.20. The number of hydrogen-bond donors (Lipinski definition) is 2. The third-order valence-corrected chi connectivity index (χ3v) is 4.05. The van der Waals surface area contributed by atoms with Crippen LogP contribution in [0.1, 0.15) is 31.9 Å². The summed E-state index contributed by atoms with van der Waals surface area (Å²) in [5.41, 5.74) is 3.01. The van der Waals surface area contributed by atoms with Gasteiger partial charge in [-0.1, -0.05) is 6.07 Å². The number of carbonyl (C=O) groups is 2. The van der Waals surface area contributed by atoms with Crippen LogP contribution in [0.4, 0.5) is 21.0 Å². The average molecular weight is 368 g/mol. The van der Waals surface area contributed by atoms with Gasteiger partial charge in [0.05, 0.1) is 11.9 Å². The number of hydrogen-bond acceptors (Lipinski definition) is 4. The standard InChI is InChI=1S/C20H24N4O3/c1-20(2,3)27-19(26)24-10-8-14-11-16(7-6-15(14)13-24)22-18(25)23-17-5-4-9-21-12-17/h4-7,9,11-12H,8,10,13H2,1-3H3,(H2,22,23,25). The van der Waals surface area contributed by atoms with Crippen LogP contribution >= 0.6 is 0 Å². The van der Waals surface area contributed by atoms with Gasteiger partial charge in [-0.2, -0.15) is 0 Å². The van der Waals surface area contributed by atoms with Crippen molar-refractivity contribution in [3.8, 4) is 0 Å². The van der Waals surface area contributed by atoms with Gasteiger partial charge in [-0.05, 0) is 62.6 Å². The molecule has 2 heterocycles. The SMILES string of the molecule is CC(C)(C)OC(=O)N1CCc2cc(NC(=O)Nc3cccnc3)ccc2C1. The number of ether oxygens (including phenoxy) is 1. The summed E-state index contributed by atoms with van der Waals surface area (Å²) >= 11 is 0. The van der Waals surface area contributed by atoms with Gasteiger partial charge in [0, 0.05) is 25.0 Å². The van der Waals surface area contributed by atoms with Gasteiger partial charge in [0.2, 0.25) is 0 Å². The number of rotatable bonds is 2. The number of nitrogens with zero attached hydrogens (tertiary/aromatic N) is 2. The van der Waals surface area contributed by atoms with Crippen LogP contribution in [0.3, 0.4) is 0 Å². The second kappa shape index (κ2) is 7.65. The van der Waals surface area contributed by atoms with Crippen molar-refractivity contribution in [1.29, 1.82) is 0 Å². The lowest BCUT2D eigenvalue weighted by Crippen LogP contribution is -2.39. The van der Waals surface area contributed by atoms with E-state index in [0.717, 1.165) is 11.1 Å². The number of aromatic nitrogens is 1. The Morgan fingerprint density at radius 1 is 1.11 bits per heavy atom. The molecule has 0 atom stereocenters. The van der Waals surface area contributed by atoms with Gasteiger partial charge < -0.3 is 20.3 Å². The molecule has 0 unspecified atom stereocenters. The largest absolute Gasteiger partial charge is 0.444 e. The maximum absolute atomic E-state index is 12.2. The Labute approximate surface area is 158 Å². The third-order valence-electron chi connectivity index (χ3n) is 4.05. The van der Waals surface area contributed by atoms with E-state index < -0.39 is 5.60 Å². The smallest absolute Gasteiger partial charge is 0.410 e. The van der Waals surface area contributed by atoms with E-state index >= 15 is 0 Å². The van der Waals surface area contributed by atoms with Crippen molar-refractivity contribution in [2.75, 3.05) is 17.2 Å². The Morgan fingerprint density at radius 2 is 1.89 bits per heavy atom. The molecule has 142 valence electrons. The molecule has 0 saturated carbocycles. The van der Waals surface area contributed by atoms with Gasteiger partial charge in [0.15, 0.2) is 0 Å². The van der Waals surface area contributed by atoms with Gasteiger partial charge >= 0.3 is 12.1 Å². The molecule has 1 aliphatic heterocycles.